The van der Waals surface area contributed by atoms with Gasteiger partial charge in [0.1, 0.15) is 5.82 Å². The monoisotopic (exact) mass is 251 g/mol. The van der Waals surface area contributed by atoms with Crippen LogP contribution in [0, 0.1) is 11.7 Å². The molecule has 0 amide bonds. The minimum atomic E-state index is -0.771. The second kappa shape index (κ2) is 5.27. The number of piperidine rings is 1. The highest BCUT2D eigenvalue weighted by Gasteiger charge is 2.26. The van der Waals surface area contributed by atoms with Crippen LogP contribution < -0.4 is 4.90 Å². The first-order chi connectivity index (χ1) is 8.50. The standard InChI is InChI=1S/C15H22FNO/c1-10-7-8-17(11(2)9-10)14-6-4-5-13(16)15(14)12(3)18/h4-6,10-12,18H,7-9H2,1-3H3/t10?,11?,12-/m0/s1. The highest BCUT2D eigenvalue weighted by Crippen LogP contribution is 2.34. The maximum absolute atomic E-state index is 13.9. The summed E-state index contributed by atoms with van der Waals surface area (Å²) in [4.78, 5) is 2.23. The van der Waals surface area contributed by atoms with Crippen molar-refractivity contribution in [2.45, 2.75) is 45.8 Å². The Morgan fingerprint density at radius 2 is 2.11 bits per heavy atom. The van der Waals surface area contributed by atoms with Crippen molar-refractivity contribution < 1.29 is 9.50 Å². The minimum absolute atomic E-state index is 0.312. The zero-order valence-electron chi connectivity index (χ0n) is 11.4. The molecule has 1 saturated heterocycles. The van der Waals surface area contributed by atoms with Crippen LogP contribution in [0.25, 0.3) is 0 Å². The Hall–Kier alpha value is -1.09. The number of benzene rings is 1. The maximum Gasteiger partial charge on any atom is 0.131 e. The average molecular weight is 251 g/mol. The van der Waals surface area contributed by atoms with Crippen LogP contribution in [0.15, 0.2) is 18.2 Å². The van der Waals surface area contributed by atoms with Gasteiger partial charge in [-0.3, -0.25) is 0 Å². The Bertz CT molecular complexity index is 419. The van der Waals surface area contributed by atoms with Gasteiger partial charge in [0.05, 0.1) is 6.10 Å². The highest BCUT2D eigenvalue weighted by atomic mass is 19.1. The van der Waals surface area contributed by atoms with Gasteiger partial charge in [0.2, 0.25) is 0 Å². The summed E-state index contributed by atoms with van der Waals surface area (Å²) in [5.41, 5.74) is 1.28. The lowest BCUT2D eigenvalue weighted by atomic mass is 9.92. The van der Waals surface area contributed by atoms with Crippen LogP contribution >= 0.6 is 0 Å². The van der Waals surface area contributed by atoms with Gasteiger partial charge in [-0.25, -0.2) is 4.39 Å². The van der Waals surface area contributed by atoms with Crippen LogP contribution in [0.4, 0.5) is 10.1 Å². The van der Waals surface area contributed by atoms with Crippen LogP contribution in [0.3, 0.4) is 0 Å². The van der Waals surface area contributed by atoms with Gasteiger partial charge in [-0.2, -0.15) is 0 Å². The van der Waals surface area contributed by atoms with E-state index in [2.05, 4.69) is 18.7 Å². The molecule has 1 aliphatic heterocycles. The molecule has 0 saturated carbocycles. The Balaban J connectivity index is 2.36. The molecule has 1 fully saturated rings. The summed E-state index contributed by atoms with van der Waals surface area (Å²) >= 11 is 0. The molecule has 3 heteroatoms. The molecule has 3 atom stereocenters. The van der Waals surface area contributed by atoms with E-state index in [0.29, 0.717) is 11.6 Å². The summed E-state index contributed by atoms with van der Waals surface area (Å²) in [6.45, 7) is 6.99. The molecule has 1 heterocycles. The number of rotatable bonds is 2. The van der Waals surface area contributed by atoms with E-state index >= 15 is 0 Å². The number of aliphatic hydroxyl groups excluding tert-OH is 1. The summed E-state index contributed by atoms with van der Waals surface area (Å²) in [5.74, 6) is 0.410. The minimum Gasteiger partial charge on any atom is -0.389 e. The number of halogens is 1. The van der Waals surface area contributed by atoms with E-state index in [-0.39, 0.29) is 5.82 Å². The van der Waals surface area contributed by atoms with Gasteiger partial charge in [-0.05, 0) is 44.7 Å². The molecule has 100 valence electrons. The first-order valence-corrected chi connectivity index (χ1v) is 6.73. The summed E-state index contributed by atoms with van der Waals surface area (Å²) in [7, 11) is 0. The molecule has 1 N–H and O–H groups in total. The molecule has 0 radical (unpaired) electrons. The van der Waals surface area contributed by atoms with E-state index in [4.69, 9.17) is 0 Å². The van der Waals surface area contributed by atoms with Crippen LogP contribution in [-0.4, -0.2) is 17.7 Å². The topological polar surface area (TPSA) is 23.5 Å². The summed E-state index contributed by atoms with van der Waals surface area (Å²) in [6, 6.07) is 5.45. The Labute approximate surface area is 108 Å². The largest absolute Gasteiger partial charge is 0.389 e. The van der Waals surface area contributed by atoms with Gasteiger partial charge in [-0.15, -0.1) is 0 Å². The van der Waals surface area contributed by atoms with Gasteiger partial charge in [0.25, 0.3) is 0 Å². The molecule has 2 nitrogen and oxygen atoms in total. The van der Waals surface area contributed by atoms with Crippen LogP contribution in [0.5, 0.6) is 0 Å². The maximum atomic E-state index is 13.9. The molecular formula is C15H22FNO. The number of anilines is 1. The Morgan fingerprint density at radius 1 is 1.39 bits per heavy atom. The smallest absolute Gasteiger partial charge is 0.131 e. The summed E-state index contributed by atoms with van der Waals surface area (Å²) in [5, 5.41) is 9.79. The second-order valence-corrected chi connectivity index (χ2v) is 5.52. The predicted molar refractivity (Wildman–Crippen MR) is 72.2 cm³/mol. The van der Waals surface area contributed by atoms with Crippen molar-refractivity contribution in [3.05, 3.63) is 29.6 Å². The van der Waals surface area contributed by atoms with Crippen molar-refractivity contribution in [2.75, 3.05) is 11.4 Å². The molecule has 2 unspecified atom stereocenters. The van der Waals surface area contributed by atoms with Gasteiger partial charge in [-0.1, -0.05) is 13.0 Å². The second-order valence-electron chi connectivity index (χ2n) is 5.52. The number of nitrogens with zero attached hydrogens (tertiary/aromatic N) is 1. The quantitative estimate of drug-likeness (QED) is 0.869. The molecule has 18 heavy (non-hydrogen) atoms. The van der Waals surface area contributed by atoms with Crippen molar-refractivity contribution in [1.29, 1.82) is 0 Å². The first kappa shape index (κ1) is 13.3. The molecule has 0 aromatic heterocycles. The lowest BCUT2D eigenvalue weighted by molar-refractivity contribution is 0.194. The number of hydrogen-bond donors (Lipinski definition) is 1. The Morgan fingerprint density at radius 3 is 2.72 bits per heavy atom. The van der Waals surface area contributed by atoms with E-state index in [1.54, 1.807) is 13.0 Å². The predicted octanol–water partition coefficient (Wildman–Crippen LogP) is 3.50. The van der Waals surface area contributed by atoms with Crippen LogP contribution in [-0.2, 0) is 0 Å². The van der Waals surface area contributed by atoms with Crippen molar-refractivity contribution in [2.24, 2.45) is 5.92 Å². The third kappa shape index (κ3) is 2.51. The molecule has 1 aromatic rings. The number of aliphatic hydroxyl groups is 1. The highest BCUT2D eigenvalue weighted by molar-refractivity contribution is 5.56. The molecule has 0 bridgehead atoms. The fraction of sp³-hybridized carbons (Fsp3) is 0.600. The fourth-order valence-electron chi connectivity index (χ4n) is 2.95. The lowest BCUT2D eigenvalue weighted by Crippen LogP contribution is -2.41. The number of hydrogen-bond acceptors (Lipinski definition) is 2. The third-order valence-corrected chi connectivity index (χ3v) is 3.90. The van der Waals surface area contributed by atoms with E-state index in [1.165, 1.54) is 6.07 Å². The summed E-state index contributed by atoms with van der Waals surface area (Å²) in [6.07, 6.45) is 1.48. The fourth-order valence-corrected chi connectivity index (χ4v) is 2.95. The summed E-state index contributed by atoms with van der Waals surface area (Å²) < 4.78 is 13.9. The normalized spacial score (nSPS) is 26.2. The molecular weight excluding hydrogens is 229 g/mol. The van der Waals surface area contributed by atoms with E-state index in [0.717, 1.165) is 31.0 Å². The van der Waals surface area contributed by atoms with E-state index < -0.39 is 6.10 Å². The van der Waals surface area contributed by atoms with Crippen molar-refractivity contribution >= 4 is 5.69 Å². The van der Waals surface area contributed by atoms with Gasteiger partial charge >= 0.3 is 0 Å². The Kier molecular flexibility index (Phi) is 3.91. The van der Waals surface area contributed by atoms with Crippen molar-refractivity contribution in [3.8, 4) is 0 Å². The van der Waals surface area contributed by atoms with Crippen LogP contribution in [0.2, 0.25) is 0 Å². The molecule has 0 aliphatic carbocycles. The van der Waals surface area contributed by atoms with Gasteiger partial charge in [0, 0.05) is 23.8 Å². The van der Waals surface area contributed by atoms with Crippen molar-refractivity contribution in [3.63, 3.8) is 0 Å². The zero-order valence-corrected chi connectivity index (χ0v) is 11.4. The third-order valence-electron chi connectivity index (χ3n) is 3.90. The molecule has 0 spiro atoms. The molecule has 2 rings (SSSR count). The molecule has 1 aromatic carbocycles. The SMILES string of the molecule is CC1CCN(c2cccc(F)c2[C@H](C)O)C(C)C1. The average Bonchev–Trinajstić information content (AvgIpc) is 2.28. The molecule has 1 aliphatic rings. The zero-order chi connectivity index (χ0) is 13.3. The van der Waals surface area contributed by atoms with Gasteiger partial charge in [0.15, 0.2) is 0 Å². The van der Waals surface area contributed by atoms with E-state index in [1.807, 2.05) is 6.07 Å². The van der Waals surface area contributed by atoms with Crippen molar-refractivity contribution in [1.82, 2.24) is 0 Å². The van der Waals surface area contributed by atoms with Gasteiger partial charge < -0.3 is 10.0 Å². The van der Waals surface area contributed by atoms with Crippen LogP contribution in [0.1, 0.15) is 45.3 Å². The van der Waals surface area contributed by atoms with E-state index in [9.17, 15) is 9.50 Å². The lowest BCUT2D eigenvalue weighted by Gasteiger charge is -2.39. The first-order valence-electron chi connectivity index (χ1n) is 6.73.